The second-order valence-electron chi connectivity index (χ2n) is 7.87. The first-order chi connectivity index (χ1) is 12.5. The summed E-state index contributed by atoms with van der Waals surface area (Å²) >= 11 is 0. The molecule has 2 amide bonds. The van der Waals surface area contributed by atoms with Crippen molar-refractivity contribution in [1.29, 1.82) is 0 Å². The summed E-state index contributed by atoms with van der Waals surface area (Å²) in [5.41, 5.74) is 3.16. The minimum absolute atomic E-state index is 0.0792. The van der Waals surface area contributed by atoms with Crippen LogP contribution >= 0.6 is 0 Å². The van der Waals surface area contributed by atoms with Crippen molar-refractivity contribution in [2.24, 2.45) is 5.92 Å². The van der Waals surface area contributed by atoms with Gasteiger partial charge in [-0.05, 0) is 62.8 Å². The largest absolute Gasteiger partial charge is 0.342 e. The highest BCUT2D eigenvalue weighted by Gasteiger charge is 2.26. The Kier molecular flexibility index (Phi) is 6.30. The number of carbonyl (C=O) groups is 2. The van der Waals surface area contributed by atoms with E-state index in [-0.39, 0.29) is 5.91 Å². The average molecular weight is 357 g/mol. The predicted octanol–water partition coefficient (Wildman–Crippen LogP) is 2.97. The van der Waals surface area contributed by atoms with E-state index in [4.69, 9.17) is 0 Å². The number of rotatable bonds is 6. The molecular weight excluding hydrogens is 326 g/mol. The van der Waals surface area contributed by atoms with Crippen LogP contribution in [0.3, 0.4) is 0 Å². The van der Waals surface area contributed by atoms with Crippen molar-refractivity contribution in [1.82, 2.24) is 9.80 Å². The zero-order valence-electron chi connectivity index (χ0n) is 16.1. The summed E-state index contributed by atoms with van der Waals surface area (Å²) in [6.45, 7) is 8.72. The van der Waals surface area contributed by atoms with Crippen molar-refractivity contribution in [3.63, 3.8) is 0 Å². The van der Waals surface area contributed by atoms with E-state index in [2.05, 4.69) is 16.3 Å². The van der Waals surface area contributed by atoms with Gasteiger partial charge >= 0.3 is 0 Å². The van der Waals surface area contributed by atoms with Crippen molar-refractivity contribution in [2.75, 3.05) is 38.0 Å². The molecule has 0 radical (unpaired) electrons. The third kappa shape index (κ3) is 5.07. The van der Waals surface area contributed by atoms with E-state index >= 15 is 0 Å². The Morgan fingerprint density at radius 3 is 2.85 bits per heavy atom. The summed E-state index contributed by atoms with van der Waals surface area (Å²) in [6, 6.07) is 6.13. The highest BCUT2D eigenvalue weighted by atomic mass is 16.2. The molecule has 1 aromatic carbocycles. The molecule has 0 spiro atoms. The summed E-state index contributed by atoms with van der Waals surface area (Å²) in [7, 11) is 0. The van der Waals surface area contributed by atoms with E-state index in [1.54, 1.807) is 0 Å². The molecule has 0 aliphatic carbocycles. The topological polar surface area (TPSA) is 52.7 Å². The van der Waals surface area contributed by atoms with Gasteiger partial charge in [0.1, 0.15) is 0 Å². The van der Waals surface area contributed by atoms with Gasteiger partial charge in [-0.1, -0.05) is 12.1 Å². The van der Waals surface area contributed by atoms with Crippen molar-refractivity contribution in [2.45, 2.75) is 46.0 Å². The van der Waals surface area contributed by atoms with E-state index in [9.17, 15) is 9.59 Å². The van der Waals surface area contributed by atoms with Gasteiger partial charge in [0.15, 0.2) is 0 Å². The lowest BCUT2D eigenvalue weighted by Crippen LogP contribution is -2.42. The van der Waals surface area contributed by atoms with Crippen LogP contribution in [-0.4, -0.2) is 54.3 Å². The molecule has 1 atom stereocenters. The molecule has 2 aliphatic rings. The Labute approximate surface area is 156 Å². The van der Waals surface area contributed by atoms with Crippen LogP contribution in [0.5, 0.6) is 0 Å². The van der Waals surface area contributed by atoms with Gasteiger partial charge in [-0.2, -0.15) is 0 Å². The minimum atomic E-state index is 0.0792. The van der Waals surface area contributed by atoms with Crippen LogP contribution in [0.4, 0.5) is 5.69 Å². The van der Waals surface area contributed by atoms with Gasteiger partial charge in [0, 0.05) is 44.7 Å². The number of hydrogen-bond donors (Lipinski definition) is 1. The number of piperidine rings is 1. The number of anilines is 1. The molecule has 5 nitrogen and oxygen atoms in total. The quantitative estimate of drug-likeness (QED) is 0.852. The molecule has 0 saturated carbocycles. The first-order valence-electron chi connectivity index (χ1n) is 9.88. The van der Waals surface area contributed by atoms with Gasteiger partial charge in [-0.15, -0.1) is 0 Å². The van der Waals surface area contributed by atoms with Gasteiger partial charge in [0.2, 0.25) is 11.8 Å². The van der Waals surface area contributed by atoms with Crippen LogP contribution in [0.2, 0.25) is 0 Å². The van der Waals surface area contributed by atoms with Crippen LogP contribution in [-0.2, 0) is 9.59 Å². The summed E-state index contributed by atoms with van der Waals surface area (Å²) in [4.78, 5) is 28.6. The van der Waals surface area contributed by atoms with E-state index in [0.717, 1.165) is 68.8 Å². The lowest BCUT2D eigenvalue weighted by atomic mass is 9.97. The Hall–Kier alpha value is -1.88. The second-order valence-corrected chi connectivity index (χ2v) is 7.87. The zero-order chi connectivity index (χ0) is 18.5. The fourth-order valence-electron chi connectivity index (χ4n) is 4.06. The Bertz CT molecular complexity index is 659. The first kappa shape index (κ1) is 18.9. The number of likely N-dealkylation sites (tertiary alicyclic amines) is 2. The normalized spacial score (nSPS) is 21.2. The monoisotopic (exact) mass is 357 g/mol. The van der Waals surface area contributed by atoms with E-state index in [1.165, 1.54) is 6.42 Å². The Morgan fingerprint density at radius 2 is 2.08 bits per heavy atom. The van der Waals surface area contributed by atoms with Gasteiger partial charge < -0.3 is 15.1 Å². The predicted molar refractivity (Wildman–Crippen MR) is 104 cm³/mol. The molecule has 3 rings (SSSR count). The summed E-state index contributed by atoms with van der Waals surface area (Å²) < 4.78 is 0. The number of hydrogen-bond acceptors (Lipinski definition) is 3. The maximum atomic E-state index is 12.3. The van der Waals surface area contributed by atoms with E-state index in [0.29, 0.717) is 18.2 Å². The second kappa shape index (κ2) is 8.67. The van der Waals surface area contributed by atoms with Crippen LogP contribution in [0.1, 0.15) is 43.2 Å². The van der Waals surface area contributed by atoms with Gasteiger partial charge in [-0.25, -0.2) is 0 Å². The first-order valence-corrected chi connectivity index (χ1v) is 9.88. The molecule has 2 heterocycles. The summed E-state index contributed by atoms with van der Waals surface area (Å²) in [5, 5.41) is 3.05. The van der Waals surface area contributed by atoms with Crippen LogP contribution in [0.25, 0.3) is 0 Å². The van der Waals surface area contributed by atoms with E-state index in [1.807, 2.05) is 30.9 Å². The SMILES string of the molecule is Cc1ccc(C)c(NC(=O)CCN2CCCC(CN3CCCC3=O)C2)c1. The zero-order valence-corrected chi connectivity index (χ0v) is 16.1. The smallest absolute Gasteiger partial charge is 0.225 e. The molecule has 5 heteroatoms. The number of aryl methyl sites for hydroxylation is 2. The number of amides is 2. The minimum Gasteiger partial charge on any atom is -0.342 e. The molecular formula is C21H31N3O2. The lowest BCUT2D eigenvalue weighted by Gasteiger charge is -2.34. The molecule has 1 N–H and O–H groups in total. The number of benzene rings is 1. The van der Waals surface area contributed by atoms with Crippen molar-refractivity contribution >= 4 is 17.5 Å². The molecule has 26 heavy (non-hydrogen) atoms. The molecule has 1 unspecified atom stereocenters. The number of nitrogens with one attached hydrogen (secondary N) is 1. The third-order valence-corrected chi connectivity index (χ3v) is 5.58. The Morgan fingerprint density at radius 1 is 1.23 bits per heavy atom. The Balaban J connectivity index is 1.44. The standard InChI is InChI=1S/C21H31N3O2/c1-16-7-8-17(2)19(13-16)22-20(25)9-12-23-10-3-5-18(14-23)15-24-11-4-6-21(24)26/h7-8,13,18H,3-6,9-12,14-15H2,1-2H3,(H,22,25). The number of nitrogens with zero attached hydrogens (tertiary/aromatic N) is 2. The lowest BCUT2D eigenvalue weighted by molar-refractivity contribution is -0.128. The highest BCUT2D eigenvalue weighted by molar-refractivity contribution is 5.91. The fourth-order valence-corrected chi connectivity index (χ4v) is 4.06. The molecule has 0 aromatic heterocycles. The molecule has 1 aromatic rings. The van der Waals surface area contributed by atoms with E-state index < -0.39 is 0 Å². The average Bonchev–Trinajstić information content (AvgIpc) is 3.01. The van der Waals surface area contributed by atoms with Gasteiger partial charge in [-0.3, -0.25) is 9.59 Å². The van der Waals surface area contributed by atoms with Crippen molar-refractivity contribution in [3.05, 3.63) is 29.3 Å². The van der Waals surface area contributed by atoms with Crippen LogP contribution < -0.4 is 5.32 Å². The van der Waals surface area contributed by atoms with Crippen LogP contribution in [0, 0.1) is 19.8 Å². The molecule has 142 valence electrons. The van der Waals surface area contributed by atoms with Gasteiger partial charge in [0.25, 0.3) is 0 Å². The highest BCUT2D eigenvalue weighted by Crippen LogP contribution is 2.21. The molecule has 2 saturated heterocycles. The van der Waals surface area contributed by atoms with Crippen molar-refractivity contribution < 1.29 is 9.59 Å². The molecule has 2 fully saturated rings. The molecule has 0 bridgehead atoms. The van der Waals surface area contributed by atoms with Gasteiger partial charge in [0.05, 0.1) is 0 Å². The maximum Gasteiger partial charge on any atom is 0.225 e. The fraction of sp³-hybridized carbons (Fsp3) is 0.619. The number of carbonyl (C=O) groups excluding carboxylic acids is 2. The molecule has 2 aliphatic heterocycles. The summed E-state index contributed by atoms with van der Waals surface area (Å²) in [5.74, 6) is 0.943. The third-order valence-electron chi connectivity index (χ3n) is 5.58. The van der Waals surface area contributed by atoms with Crippen molar-refractivity contribution in [3.8, 4) is 0 Å². The van der Waals surface area contributed by atoms with Crippen LogP contribution in [0.15, 0.2) is 18.2 Å². The maximum absolute atomic E-state index is 12.3. The summed E-state index contributed by atoms with van der Waals surface area (Å²) in [6.07, 6.45) is 4.59.